The Morgan fingerprint density at radius 3 is 2.71 bits per heavy atom. The minimum Gasteiger partial charge on any atom is -0.508 e. The van der Waals surface area contributed by atoms with Crippen molar-refractivity contribution >= 4 is 28.5 Å². The Balaban J connectivity index is 2.14. The fourth-order valence-electron chi connectivity index (χ4n) is 2.32. The van der Waals surface area contributed by atoms with Crippen molar-refractivity contribution in [2.45, 2.75) is 0 Å². The second kappa shape index (κ2) is 5.14. The third-order valence-corrected chi connectivity index (χ3v) is 3.66. The average Bonchev–Trinajstić information content (AvgIpc) is 2.89. The molecular weight excluding hydrogens is 290 g/mol. The predicted molar refractivity (Wildman–Crippen MR) is 81.7 cm³/mol. The highest BCUT2D eigenvalue weighted by Crippen LogP contribution is 2.35. The normalized spacial score (nSPS) is 10.8. The summed E-state index contributed by atoms with van der Waals surface area (Å²) in [5.41, 5.74) is 3.02. The van der Waals surface area contributed by atoms with E-state index < -0.39 is 0 Å². The molecule has 3 aromatic rings. The van der Waals surface area contributed by atoms with Crippen LogP contribution in [0.25, 0.3) is 22.0 Å². The van der Waals surface area contributed by atoms with E-state index in [1.807, 2.05) is 12.3 Å². The van der Waals surface area contributed by atoms with Crippen LogP contribution < -0.4 is 0 Å². The summed E-state index contributed by atoms with van der Waals surface area (Å²) in [4.78, 5) is 14.7. The summed E-state index contributed by atoms with van der Waals surface area (Å²) in [6.45, 7) is 0. The van der Waals surface area contributed by atoms with Crippen molar-refractivity contribution in [2.75, 3.05) is 7.11 Å². The number of aromatic hydroxyl groups is 1. The zero-order valence-electron chi connectivity index (χ0n) is 11.2. The molecule has 0 fully saturated rings. The van der Waals surface area contributed by atoms with E-state index in [9.17, 15) is 9.90 Å². The van der Waals surface area contributed by atoms with E-state index in [1.165, 1.54) is 13.2 Å². The van der Waals surface area contributed by atoms with Gasteiger partial charge in [0, 0.05) is 28.2 Å². The molecule has 0 atom stereocenters. The van der Waals surface area contributed by atoms with Gasteiger partial charge in [-0.05, 0) is 30.3 Å². The maximum atomic E-state index is 11.5. The number of rotatable bonds is 2. The Bertz CT molecular complexity index is 839. The molecule has 0 aliphatic carbocycles. The Hall–Kier alpha value is -2.46. The number of phenolic OH excluding ortho intramolecular Hbond substituents is 1. The fourth-order valence-corrected chi connectivity index (χ4v) is 2.59. The van der Waals surface area contributed by atoms with Gasteiger partial charge >= 0.3 is 5.97 Å². The quantitative estimate of drug-likeness (QED) is 0.704. The number of H-pyrrole nitrogens is 1. The van der Waals surface area contributed by atoms with Crippen LogP contribution in [-0.4, -0.2) is 23.2 Å². The Kier molecular flexibility index (Phi) is 3.31. The van der Waals surface area contributed by atoms with Crippen LogP contribution in [0.15, 0.2) is 42.6 Å². The fraction of sp³-hybridized carbons (Fsp3) is 0.0625. The molecule has 0 saturated heterocycles. The second-order valence-electron chi connectivity index (χ2n) is 4.62. The van der Waals surface area contributed by atoms with Gasteiger partial charge in [0.25, 0.3) is 0 Å². The number of aromatic amines is 1. The molecule has 3 rings (SSSR count). The molecular formula is C16H12ClNO3. The lowest BCUT2D eigenvalue weighted by atomic mass is 10.0. The molecule has 21 heavy (non-hydrogen) atoms. The van der Waals surface area contributed by atoms with Crippen molar-refractivity contribution in [3.8, 4) is 16.9 Å². The van der Waals surface area contributed by atoms with Crippen molar-refractivity contribution in [2.24, 2.45) is 0 Å². The first kappa shape index (κ1) is 13.5. The first-order valence-corrected chi connectivity index (χ1v) is 6.66. The highest BCUT2D eigenvalue weighted by molar-refractivity contribution is 6.34. The minimum atomic E-state index is -0.379. The zero-order chi connectivity index (χ0) is 15.0. The van der Waals surface area contributed by atoms with Gasteiger partial charge in [0.1, 0.15) is 5.75 Å². The first-order valence-electron chi connectivity index (χ1n) is 6.28. The van der Waals surface area contributed by atoms with Gasteiger partial charge in [-0.25, -0.2) is 4.79 Å². The van der Waals surface area contributed by atoms with Crippen LogP contribution in [0.3, 0.4) is 0 Å². The summed E-state index contributed by atoms with van der Waals surface area (Å²) >= 11 is 6.18. The predicted octanol–water partition coefficient (Wildman–Crippen LogP) is 3.98. The summed E-state index contributed by atoms with van der Waals surface area (Å²) < 4.78 is 4.71. The number of benzene rings is 2. The smallest absolute Gasteiger partial charge is 0.337 e. The maximum Gasteiger partial charge on any atom is 0.337 e. The van der Waals surface area contributed by atoms with Gasteiger partial charge in [-0.15, -0.1) is 0 Å². The highest BCUT2D eigenvalue weighted by Gasteiger charge is 2.12. The Morgan fingerprint density at radius 2 is 2.00 bits per heavy atom. The van der Waals surface area contributed by atoms with E-state index in [0.717, 1.165) is 22.0 Å². The maximum absolute atomic E-state index is 11.5. The monoisotopic (exact) mass is 301 g/mol. The van der Waals surface area contributed by atoms with Crippen LogP contribution in [-0.2, 0) is 4.74 Å². The molecule has 0 saturated carbocycles. The molecule has 0 aliphatic rings. The van der Waals surface area contributed by atoms with E-state index in [2.05, 4.69) is 4.98 Å². The zero-order valence-corrected chi connectivity index (χ0v) is 11.9. The summed E-state index contributed by atoms with van der Waals surface area (Å²) in [6, 6.07) is 10.1. The van der Waals surface area contributed by atoms with Crippen LogP contribution >= 0.6 is 11.6 Å². The number of halogens is 1. The van der Waals surface area contributed by atoms with E-state index in [-0.39, 0.29) is 11.7 Å². The minimum absolute atomic E-state index is 0.122. The third kappa shape index (κ3) is 2.34. The topological polar surface area (TPSA) is 62.3 Å². The number of phenols is 1. The number of fused-ring (bicyclic) bond motifs is 1. The number of carbonyl (C=O) groups excluding carboxylic acids is 1. The van der Waals surface area contributed by atoms with Gasteiger partial charge in [0.15, 0.2) is 0 Å². The molecule has 2 N–H and O–H groups in total. The van der Waals surface area contributed by atoms with Crippen molar-refractivity contribution in [1.82, 2.24) is 4.98 Å². The Morgan fingerprint density at radius 1 is 1.19 bits per heavy atom. The van der Waals surface area contributed by atoms with Crippen LogP contribution in [0.4, 0.5) is 0 Å². The molecule has 0 unspecified atom stereocenters. The summed E-state index contributed by atoms with van der Waals surface area (Å²) in [5, 5.41) is 10.8. The molecule has 4 nitrogen and oxygen atoms in total. The van der Waals surface area contributed by atoms with E-state index >= 15 is 0 Å². The molecule has 2 aromatic carbocycles. The van der Waals surface area contributed by atoms with Gasteiger partial charge in [-0.2, -0.15) is 0 Å². The van der Waals surface area contributed by atoms with Gasteiger partial charge in [-0.1, -0.05) is 17.7 Å². The molecule has 1 aromatic heterocycles. The lowest BCUT2D eigenvalue weighted by Crippen LogP contribution is -2.00. The number of aromatic nitrogens is 1. The molecule has 5 heteroatoms. The lowest BCUT2D eigenvalue weighted by Gasteiger charge is -2.04. The number of hydrogen-bond acceptors (Lipinski definition) is 3. The molecule has 0 radical (unpaired) electrons. The van der Waals surface area contributed by atoms with Crippen LogP contribution in [0.2, 0.25) is 5.02 Å². The van der Waals surface area contributed by atoms with Crippen molar-refractivity contribution in [3.63, 3.8) is 0 Å². The first-order chi connectivity index (χ1) is 10.1. The van der Waals surface area contributed by atoms with Crippen molar-refractivity contribution < 1.29 is 14.6 Å². The van der Waals surface area contributed by atoms with Crippen LogP contribution in [0, 0.1) is 0 Å². The van der Waals surface area contributed by atoms with E-state index in [4.69, 9.17) is 16.3 Å². The summed E-state index contributed by atoms with van der Waals surface area (Å²) in [6.07, 6.45) is 1.82. The molecule has 0 bridgehead atoms. The number of carbonyl (C=O) groups is 1. The van der Waals surface area contributed by atoms with E-state index in [0.29, 0.717) is 10.6 Å². The number of methoxy groups -OCH3 is 1. The highest BCUT2D eigenvalue weighted by atomic mass is 35.5. The number of esters is 1. The number of nitrogens with one attached hydrogen (secondary N) is 1. The third-order valence-electron chi connectivity index (χ3n) is 3.35. The van der Waals surface area contributed by atoms with Crippen LogP contribution in [0.5, 0.6) is 5.75 Å². The molecule has 106 valence electrons. The molecule has 0 aliphatic heterocycles. The SMILES string of the molecule is COC(=O)c1ccc2c(-c3ccc(O)cc3Cl)c[nH]c2c1. The van der Waals surface area contributed by atoms with Gasteiger partial charge in [-0.3, -0.25) is 0 Å². The largest absolute Gasteiger partial charge is 0.508 e. The summed E-state index contributed by atoms with van der Waals surface area (Å²) in [7, 11) is 1.35. The van der Waals surface area contributed by atoms with Gasteiger partial charge < -0.3 is 14.8 Å². The molecule has 0 amide bonds. The molecule has 1 heterocycles. The van der Waals surface area contributed by atoms with Gasteiger partial charge in [0.05, 0.1) is 17.7 Å². The van der Waals surface area contributed by atoms with Crippen LogP contribution in [0.1, 0.15) is 10.4 Å². The van der Waals surface area contributed by atoms with Crippen molar-refractivity contribution in [1.29, 1.82) is 0 Å². The number of hydrogen-bond donors (Lipinski definition) is 2. The second-order valence-corrected chi connectivity index (χ2v) is 5.03. The standard InChI is InChI=1S/C16H12ClNO3/c1-21-16(20)9-2-4-12-13(8-18-15(12)6-9)11-5-3-10(19)7-14(11)17/h2-8,18-19H,1H3. The van der Waals surface area contributed by atoms with Crippen molar-refractivity contribution in [3.05, 3.63) is 53.2 Å². The lowest BCUT2D eigenvalue weighted by molar-refractivity contribution is 0.0601. The van der Waals surface area contributed by atoms with E-state index in [1.54, 1.807) is 24.3 Å². The Labute approximate surface area is 125 Å². The summed E-state index contributed by atoms with van der Waals surface area (Å²) in [5.74, 6) is -0.257. The van der Waals surface area contributed by atoms with Gasteiger partial charge in [0.2, 0.25) is 0 Å². The molecule has 0 spiro atoms. The number of ether oxygens (including phenoxy) is 1. The average molecular weight is 302 g/mol.